The average Bonchev–Trinajstić information content (AvgIpc) is 3.33. The molecule has 0 fully saturated rings. The van der Waals surface area contributed by atoms with Gasteiger partial charge < -0.3 is 9.97 Å². The number of anilines is 1. The Morgan fingerprint density at radius 2 is 1.69 bits per heavy atom. The quantitative estimate of drug-likeness (QED) is 0.405. The van der Waals surface area contributed by atoms with Gasteiger partial charge >= 0.3 is 0 Å². The molecule has 0 atom stereocenters. The van der Waals surface area contributed by atoms with Crippen LogP contribution >= 0.6 is 0 Å². The maximum Gasteiger partial charge on any atom is 0.229 e. The largest absolute Gasteiger partial charge is 0.361 e. The summed E-state index contributed by atoms with van der Waals surface area (Å²) in [5, 5.41) is 2.20. The van der Waals surface area contributed by atoms with Gasteiger partial charge in [0.2, 0.25) is 10.0 Å². The number of rotatable bonds is 4. The van der Waals surface area contributed by atoms with Crippen LogP contribution in [0.1, 0.15) is 0 Å². The van der Waals surface area contributed by atoms with E-state index in [1.165, 1.54) is 0 Å². The number of aromatic nitrogens is 3. The van der Waals surface area contributed by atoms with E-state index in [-0.39, 0.29) is 0 Å². The normalized spacial score (nSPS) is 11.9. The van der Waals surface area contributed by atoms with Gasteiger partial charge in [-0.1, -0.05) is 18.2 Å². The van der Waals surface area contributed by atoms with Crippen molar-refractivity contribution >= 4 is 37.6 Å². The summed E-state index contributed by atoms with van der Waals surface area (Å²) in [7, 11) is -3.29. The number of sulfonamides is 1. The van der Waals surface area contributed by atoms with Crippen LogP contribution in [0.2, 0.25) is 0 Å². The Morgan fingerprint density at radius 1 is 0.897 bits per heavy atom. The molecule has 0 aliphatic heterocycles. The third-order valence-electron chi connectivity index (χ3n) is 4.92. The van der Waals surface area contributed by atoms with Crippen LogP contribution in [-0.4, -0.2) is 29.6 Å². The van der Waals surface area contributed by atoms with E-state index >= 15 is 0 Å². The van der Waals surface area contributed by atoms with Gasteiger partial charge in [-0.3, -0.25) is 4.72 Å². The third kappa shape index (κ3) is 3.36. The van der Waals surface area contributed by atoms with Crippen molar-refractivity contribution in [2.45, 2.75) is 0 Å². The number of hydrogen-bond donors (Lipinski definition) is 3. The molecule has 3 heterocycles. The highest BCUT2D eigenvalue weighted by Crippen LogP contribution is 2.32. The molecule has 0 radical (unpaired) electrons. The van der Waals surface area contributed by atoms with Crippen LogP contribution in [0, 0.1) is 0 Å². The van der Waals surface area contributed by atoms with Crippen molar-refractivity contribution in [3.63, 3.8) is 0 Å². The number of benzene rings is 2. The predicted molar refractivity (Wildman–Crippen MR) is 117 cm³/mol. The summed E-state index contributed by atoms with van der Waals surface area (Å²) >= 11 is 0. The van der Waals surface area contributed by atoms with Gasteiger partial charge in [0.15, 0.2) is 0 Å². The fourth-order valence-electron chi connectivity index (χ4n) is 3.57. The summed E-state index contributed by atoms with van der Waals surface area (Å²) in [6, 6.07) is 17.8. The van der Waals surface area contributed by atoms with Crippen molar-refractivity contribution in [3.05, 3.63) is 73.2 Å². The molecule has 0 saturated heterocycles. The van der Waals surface area contributed by atoms with E-state index in [1.54, 1.807) is 12.1 Å². The zero-order valence-corrected chi connectivity index (χ0v) is 16.4. The smallest absolute Gasteiger partial charge is 0.229 e. The van der Waals surface area contributed by atoms with E-state index in [0.29, 0.717) is 5.69 Å². The number of fused-ring (bicyclic) bond motifs is 2. The Balaban J connectivity index is 1.55. The average molecular weight is 402 g/mol. The first-order valence-electron chi connectivity index (χ1n) is 9.09. The summed E-state index contributed by atoms with van der Waals surface area (Å²) in [6.07, 6.45) is 6.87. The minimum Gasteiger partial charge on any atom is -0.361 e. The highest BCUT2D eigenvalue weighted by molar-refractivity contribution is 7.92. The van der Waals surface area contributed by atoms with Gasteiger partial charge in [0.1, 0.15) is 5.65 Å². The van der Waals surface area contributed by atoms with Crippen LogP contribution in [0.15, 0.2) is 73.2 Å². The molecule has 0 aliphatic rings. The second-order valence-corrected chi connectivity index (χ2v) is 8.80. The molecule has 0 aliphatic carbocycles. The van der Waals surface area contributed by atoms with Crippen LogP contribution in [0.25, 0.3) is 44.2 Å². The lowest BCUT2D eigenvalue weighted by Gasteiger charge is -2.07. The summed E-state index contributed by atoms with van der Waals surface area (Å²) < 4.78 is 25.2. The van der Waals surface area contributed by atoms with Crippen molar-refractivity contribution in [2.24, 2.45) is 0 Å². The van der Waals surface area contributed by atoms with Gasteiger partial charge in [0.25, 0.3) is 0 Å². The van der Waals surface area contributed by atoms with Crippen LogP contribution in [0.5, 0.6) is 0 Å². The Bertz CT molecular complexity index is 1450. The van der Waals surface area contributed by atoms with Crippen LogP contribution in [-0.2, 0) is 10.0 Å². The zero-order valence-electron chi connectivity index (χ0n) is 15.6. The van der Waals surface area contributed by atoms with Gasteiger partial charge in [-0.05, 0) is 52.9 Å². The predicted octanol–water partition coefficient (Wildman–Crippen LogP) is 4.75. The second-order valence-electron chi connectivity index (χ2n) is 7.05. The van der Waals surface area contributed by atoms with E-state index < -0.39 is 10.0 Å². The Hall–Kier alpha value is -3.58. The van der Waals surface area contributed by atoms with Crippen molar-refractivity contribution < 1.29 is 8.42 Å². The monoisotopic (exact) mass is 402 g/mol. The Labute approximate surface area is 167 Å². The second kappa shape index (κ2) is 6.49. The lowest BCUT2D eigenvalue weighted by Crippen LogP contribution is -2.09. The SMILES string of the molecule is CS(=O)(=O)Nc1ccc(-c2cnc3[nH]cc(-c4ccc5[nH]ccc5c4)c3c2)cc1. The fraction of sp³-hybridized carbons (Fsp3) is 0.0455. The molecule has 0 unspecified atom stereocenters. The number of H-pyrrole nitrogens is 2. The molecule has 7 heteroatoms. The van der Waals surface area contributed by atoms with Crippen molar-refractivity contribution in [3.8, 4) is 22.3 Å². The maximum absolute atomic E-state index is 11.4. The number of nitrogens with one attached hydrogen (secondary N) is 3. The van der Waals surface area contributed by atoms with Gasteiger partial charge in [-0.25, -0.2) is 13.4 Å². The molecule has 3 aromatic heterocycles. The molecule has 144 valence electrons. The first kappa shape index (κ1) is 17.5. The van der Waals surface area contributed by atoms with E-state index in [4.69, 9.17) is 0 Å². The van der Waals surface area contributed by atoms with Crippen molar-refractivity contribution in [1.29, 1.82) is 0 Å². The van der Waals surface area contributed by atoms with Crippen LogP contribution in [0.3, 0.4) is 0 Å². The molecule has 0 bridgehead atoms. The van der Waals surface area contributed by atoms with E-state index in [9.17, 15) is 8.42 Å². The standard InChI is InChI=1S/C22H18N4O2S/c1-29(27,28)26-18-5-2-14(3-6-18)17-11-19-20(13-25-22(19)24-12-17)15-4-7-21-16(10-15)8-9-23-21/h2-13,23,26H,1H3,(H,24,25). The molecular weight excluding hydrogens is 384 g/mol. The van der Waals surface area contributed by atoms with Gasteiger partial charge in [0.05, 0.1) is 6.26 Å². The Kier molecular flexibility index (Phi) is 3.92. The topological polar surface area (TPSA) is 90.6 Å². The minimum absolute atomic E-state index is 0.535. The first-order valence-corrected chi connectivity index (χ1v) is 11.0. The lowest BCUT2D eigenvalue weighted by molar-refractivity contribution is 0.607. The number of aromatic amines is 2. The molecule has 29 heavy (non-hydrogen) atoms. The van der Waals surface area contributed by atoms with Gasteiger partial charge in [-0.15, -0.1) is 0 Å². The summed E-state index contributed by atoms with van der Waals surface area (Å²) in [4.78, 5) is 11.0. The maximum atomic E-state index is 11.4. The van der Waals surface area contributed by atoms with Gasteiger partial charge in [-0.2, -0.15) is 0 Å². The zero-order chi connectivity index (χ0) is 20.0. The summed E-state index contributed by atoms with van der Waals surface area (Å²) in [5.41, 5.74) is 6.61. The number of hydrogen-bond acceptors (Lipinski definition) is 3. The van der Waals surface area contributed by atoms with Crippen molar-refractivity contribution in [2.75, 3.05) is 11.0 Å². The van der Waals surface area contributed by atoms with Crippen LogP contribution in [0.4, 0.5) is 5.69 Å². The molecule has 2 aromatic carbocycles. The van der Waals surface area contributed by atoms with E-state index in [2.05, 4.69) is 50.0 Å². The molecule has 0 amide bonds. The fourth-order valence-corrected chi connectivity index (χ4v) is 4.13. The lowest BCUT2D eigenvalue weighted by atomic mass is 10.0. The molecular formula is C22H18N4O2S. The van der Waals surface area contributed by atoms with Crippen LogP contribution < -0.4 is 4.72 Å². The highest BCUT2D eigenvalue weighted by atomic mass is 32.2. The van der Waals surface area contributed by atoms with E-state index in [1.807, 2.05) is 30.7 Å². The summed E-state index contributed by atoms with van der Waals surface area (Å²) in [6.45, 7) is 0. The summed E-state index contributed by atoms with van der Waals surface area (Å²) in [5.74, 6) is 0. The molecule has 5 rings (SSSR count). The molecule has 5 aromatic rings. The van der Waals surface area contributed by atoms with E-state index in [0.717, 1.165) is 50.4 Å². The number of pyridine rings is 1. The van der Waals surface area contributed by atoms with Crippen molar-refractivity contribution in [1.82, 2.24) is 15.0 Å². The van der Waals surface area contributed by atoms with Gasteiger partial charge in [0, 0.05) is 46.3 Å². The molecule has 0 spiro atoms. The minimum atomic E-state index is -3.29. The third-order valence-corrected chi connectivity index (χ3v) is 5.52. The first-order chi connectivity index (χ1) is 14.0. The number of nitrogens with zero attached hydrogens (tertiary/aromatic N) is 1. The Morgan fingerprint density at radius 3 is 2.48 bits per heavy atom. The molecule has 6 nitrogen and oxygen atoms in total. The highest BCUT2D eigenvalue weighted by Gasteiger charge is 2.10. The molecule has 3 N–H and O–H groups in total. The molecule has 0 saturated carbocycles.